The van der Waals surface area contributed by atoms with Gasteiger partial charge in [-0.15, -0.1) is 0 Å². The maximum atomic E-state index is 11.5. The fourth-order valence-corrected chi connectivity index (χ4v) is 0.537. The third-order valence-corrected chi connectivity index (χ3v) is 1.00. The Morgan fingerprint density at radius 3 is 2.57 bits per heavy atom. The molecule has 0 saturated heterocycles. The average Bonchev–Trinajstić information content (AvgIpc) is 2.02. The minimum atomic E-state index is -4.45. The van der Waals surface area contributed by atoms with Crippen LogP contribution >= 0.6 is 0 Å². The SMILES string of the molecule is CCCOCC(=O)NOCC(F)(F)F. The lowest BCUT2D eigenvalue weighted by atomic mass is 10.5. The number of carbonyl (C=O) groups excluding carboxylic acids is 1. The first-order valence-electron chi connectivity index (χ1n) is 4.01. The van der Waals surface area contributed by atoms with E-state index >= 15 is 0 Å². The Kier molecular flexibility index (Phi) is 6.22. The van der Waals surface area contributed by atoms with Gasteiger partial charge in [-0.3, -0.25) is 9.63 Å². The molecular formula is C7H12F3NO3. The normalized spacial score (nSPS) is 11.4. The first kappa shape index (κ1) is 13.2. The molecule has 0 aliphatic carbocycles. The number of nitrogens with one attached hydrogen (secondary N) is 1. The van der Waals surface area contributed by atoms with Gasteiger partial charge in [0, 0.05) is 6.61 Å². The van der Waals surface area contributed by atoms with Gasteiger partial charge in [-0.1, -0.05) is 6.92 Å². The predicted molar refractivity (Wildman–Crippen MR) is 41.3 cm³/mol. The van der Waals surface area contributed by atoms with Crippen molar-refractivity contribution in [3.05, 3.63) is 0 Å². The van der Waals surface area contributed by atoms with E-state index in [1.807, 2.05) is 6.92 Å². The van der Waals surface area contributed by atoms with Gasteiger partial charge in [0.2, 0.25) is 0 Å². The Labute approximate surface area is 79.3 Å². The summed E-state index contributed by atoms with van der Waals surface area (Å²) in [6.45, 7) is 0.420. The van der Waals surface area contributed by atoms with Crippen molar-refractivity contribution in [1.29, 1.82) is 0 Å². The minimum Gasteiger partial charge on any atom is -0.372 e. The summed E-state index contributed by atoms with van der Waals surface area (Å²) in [4.78, 5) is 14.6. The molecule has 7 heteroatoms. The van der Waals surface area contributed by atoms with Gasteiger partial charge in [0.1, 0.15) is 6.61 Å². The molecular weight excluding hydrogens is 203 g/mol. The Balaban J connectivity index is 3.36. The first-order chi connectivity index (χ1) is 6.45. The van der Waals surface area contributed by atoms with E-state index in [1.54, 1.807) is 5.48 Å². The molecule has 0 spiro atoms. The summed E-state index contributed by atoms with van der Waals surface area (Å²) in [7, 11) is 0. The van der Waals surface area contributed by atoms with Gasteiger partial charge in [-0.25, -0.2) is 5.48 Å². The van der Waals surface area contributed by atoms with Gasteiger partial charge in [-0.2, -0.15) is 13.2 Å². The highest BCUT2D eigenvalue weighted by Crippen LogP contribution is 2.13. The molecule has 84 valence electrons. The largest absolute Gasteiger partial charge is 0.414 e. The van der Waals surface area contributed by atoms with Gasteiger partial charge in [0.15, 0.2) is 6.61 Å². The number of hydrogen-bond acceptors (Lipinski definition) is 3. The molecule has 0 heterocycles. The molecule has 0 saturated carbocycles. The van der Waals surface area contributed by atoms with Crippen molar-refractivity contribution in [2.45, 2.75) is 19.5 Å². The number of halogens is 3. The number of carbonyl (C=O) groups is 1. The summed E-state index contributed by atoms with van der Waals surface area (Å²) in [5, 5.41) is 0. The summed E-state index contributed by atoms with van der Waals surface area (Å²) in [5.41, 5.74) is 1.61. The third-order valence-electron chi connectivity index (χ3n) is 1.00. The van der Waals surface area contributed by atoms with Crippen LogP contribution < -0.4 is 5.48 Å². The van der Waals surface area contributed by atoms with Crippen molar-refractivity contribution in [2.24, 2.45) is 0 Å². The van der Waals surface area contributed by atoms with Crippen LogP contribution in [0.1, 0.15) is 13.3 Å². The van der Waals surface area contributed by atoms with Crippen molar-refractivity contribution in [1.82, 2.24) is 5.48 Å². The molecule has 0 fully saturated rings. The van der Waals surface area contributed by atoms with E-state index in [4.69, 9.17) is 4.74 Å². The van der Waals surface area contributed by atoms with Gasteiger partial charge in [0.05, 0.1) is 0 Å². The predicted octanol–water partition coefficient (Wildman–Crippen LogP) is 1.02. The molecule has 0 rings (SSSR count). The van der Waals surface area contributed by atoms with Crippen LogP contribution in [0.3, 0.4) is 0 Å². The van der Waals surface area contributed by atoms with Gasteiger partial charge >= 0.3 is 6.18 Å². The van der Waals surface area contributed by atoms with Crippen molar-refractivity contribution < 1.29 is 27.5 Å². The second-order valence-corrected chi connectivity index (χ2v) is 2.48. The van der Waals surface area contributed by atoms with Crippen LogP contribution in [0, 0.1) is 0 Å². The molecule has 0 aliphatic heterocycles. The minimum absolute atomic E-state index is 0.300. The number of rotatable bonds is 6. The Hall–Kier alpha value is -0.820. The van der Waals surface area contributed by atoms with Gasteiger partial charge < -0.3 is 4.74 Å². The monoisotopic (exact) mass is 215 g/mol. The standard InChI is InChI=1S/C7H12F3NO3/c1-2-3-13-4-6(12)11-14-5-7(8,9)10/h2-5H2,1H3,(H,11,12). The molecule has 0 aromatic carbocycles. The zero-order valence-electron chi connectivity index (χ0n) is 7.69. The molecule has 14 heavy (non-hydrogen) atoms. The van der Waals surface area contributed by atoms with E-state index in [-0.39, 0.29) is 6.61 Å². The van der Waals surface area contributed by atoms with E-state index < -0.39 is 18.7 Å². The highest BCUT2D eigenvalue weighted by molar-refractivity contribution is 5.75. The maximum absolute atomic E-state index is 11.5. The number of hydrogen-bond donors (Lipinski definition) is 1. The first-order valence-corrected chi connectivity index (χ1v) is 4.01. The van der Waals surface area contributed by atoms with Crippen LogP contribution in [-0.4, -0.2) is 31.9 Å². The quantitative estimate of drug-likeness (QED) is 0.531. The van der Waals surface area contributed by atoms with Crippen molar-refractivity contribution in [3.8, 4) is 0 Å². The van der Waals surface area contributed by atoms with Crippen LogP contribution in [0.15, 0.2) is 0 Å². The smallest absolute Gasteiger partial charge is 0.372 e. The summed E-state index contributed by atoms with van der Waals surface area (Å²) in [6, 6.07) is 0. The average molecular weight is 215 g/mol. The summed E-state index contributed by atoms with van der Waals surface area (Å²) in [6.07, 6.45) is -3.71. The molecule has 1 N–H and O–H groups in total. The van der Waals surface area contributed by atoms with E-state index in [2.05, 4.69) is 4.84 Å². The van der Waals surface area contributed by atoms with E-state index in [0.717, 1.165) is 6.42 Å². The second kappa shape index (κ2) is 6.61. The molecule has 0 atom stereocenters. The lowest BCUT2D eigenvalue weighted by Gasteiger charge is -2.08. The van der Waals surface area contributed by atoms with Crippen molar-refractivity contribution in [3.63, 3.8) is 0 Å². The Bertz CT molecular complexity index is 172. The highest BCUT2D eigenvalue weighted by Gasteiger charge is 2.28. The summed E-state index contributed by atoms with van der Waals surface area (Å²) in [5.74, 6) is -0.734. The number of amides is 1. The number of alkyl halides is 3. The van der Waals surface area contributed by atoms with Gasteiger partial charge in [0.25, 0.3) is 5.91 Å². The maximum Gasteiger partial charge on any atom is 0.414 e. The lowest BCUT2D eigenvalue weighted by Crippen LogP contribution is -2.32. The fourth-order valence-electron chi connectivity index (χ4n) is 0.537. The number of ether oxygens (including phenoxy) is 1. The van der Waals surface area contributed by atoms with Crippen molar-refractivity contribution >= 4 is 5.91 Å². The fraction of sp³-hybridized carbons (Fsp3) is 0.857. The van der Waals surface area contributed by atoms with Crippen LogP contribution in [-0.2, 0) is 14.4 Å². The molecule has 0 bridgehead atoms. The zero-order chi connectivity index (χ0) is 11.0. The van der Waals surface area contributed by atoms with Crippen molar-refractivity contribution in [2.75, 3.05) is 19.8 Å². The summed E-state index contributed by atoms with van der Waals surface area (Å²) >= 11 is 0. The molecule has 0 aliphatic rings. The van der Waals surface area contributed by atoms with E-state index in [9.17, 15) is 18.0 Å². The topological polar surface area (TPSA) is 47.6 Å². The van der Waals surface area contributed by atoms with Crippen LogP contribution in [0.4, 0.5) is 13.2 Å². The molecule has 4 nitrogen and oxygen atoms in total. The van der Waals surface area contributed by atoms with E-state index in [1.165, 1.54) is 0 Å². The third kappa shape index (κ3) is 9.27. The molecule has 1 amide bonds. The zero-order valence-corrected chi connectivity index (χ0v) is 7.69. The molecule has 0 aromatic rings. The second-order valence-electron chi connectivity index (χ2n) is 2.48. The van der Waals surface area contributed by atoms with Crippen LogP contribution in [0.25, 0.3) is 0 Å². The van der Waals surface area contributed by atoms with Gasteiger partial charge in [-0.05, 0) is 6.42 Å². The highest BCUT2D eigenvalue weighted by atomic mass is 19.4. The van der Waals surface area contributed by atoms with Crippen LogP contribution in [0.2, 0.25) is 0 Å². The Morgan fingerprint density at radius 1 is 1.43 bits per heavy atom. The number of hydroxylamine groups is 1. The molecule has 0 unspecified atom stereocenters. The van der Waals surface area contributed by atoms with E-state index in [0.29, 0.717) is 6.61 Å². The lowest BCUT2D eigenvalue weighted by molar-refractivity contribution is -0.192. The Morgan fingerprint density at radius 2 is 2.07 bits per heavy atom. The summed E-state index contributed by atoms with van der Waals surface area (Å²) < 4.78 is 39.3. The van der Waals surface area contributed by atoms with Crippen LogP contribution in [0.5, 0.6) is 0 Å². The molecule has 0 aromatic heterocycles. The molecule has 0 radical (unpaired) electrons.